The third-order valence-corrected chi connectivity index (χ3v) is 7.29. The molecule has 3 aromatic rings. The molecule has 0 saturated carbocycles. The molecule has 1 aromatic carbocycles. The lowest BCUT2D eigenvalue weighted by Gasteiger charge is -2.41. The number of anilines is 1. The Kier molecular flexibility index (Phi) is 8.07. The van der Waals surface area contributed by atoms with Gasteiger partial charge in [0.2, 0.25) is 5.88 Å². The Morgan fingerprint density at radius 2 is 1.93 bits per heavy atom. The molecule has 0 bridgehead atoms. The molecular weight excluding hydrogens is 555 g/mol. The minimum absolute atomic E-state index is 0.194. The predicted molar refractivity (Wildman–Crippen MR) is 148 cm³/mol. The molecule has 0 radical (unpaired) electrons. The van der Waals surface area contributed by atoms with Gasteiger partial charge in [0, 0.05) is 42.7 Å². The third kappa shape index (κ3) is 5.95. The van der Waals surface area contributed by atoms with Crippen LogP contribution in [-0.2, 0) is 9.59 Å². The van der Waals surface area contributed by atoms with Crippen LogP contribution in [0.15, 0.2) is 48.8 Å². The average molecular weight is 583 g/mol. The highest BCUT2D eigenvalue weighted by molar-refractivity contribution is 6.30. The lowest BCUT2D eigenvalue weighted by Crippen LogP contribution is -2.54. The zero-order chi connectivity index (χ0) is 29.3. The Morgan fingerprint density at radius 1 is 1.20 bits per heavy atom. The summed E-state index contributed by atoms with van der Waals surface area (Å²) in [5, 5.41) is 9.40. The van der Waals surface area contributed by atoms with Gasteiger partial charge in [0.15, 0.2) is 17.6 Å². The largest absolute Gasteiger partial charge is 0.489 e. The Bertz CT molecular complexity index is 1500. The van der Waals surface area contributed by atoms with Crippen LogP contribution in [0.1, 0.15) is 43.6 Å². The summed E-state index contributed by atoms with van der Waals surface area (Å²) in [5.74, 6) is -1.82. The number of carbonyl (C=O) groups is 3. The summed E-state index contributed by atoms with van der Waals surface area (Å²) >= 11 is 6.13. The van der Waals surface area contributed by atoms with Gasteiger partial charge in [0.1, 0.15) is 17.5 Å². The third-order valence-electron chi connectivity index (χ3n) is 7.08. The van der Waals surface area contributed by atoms with Crippen molar-refractivity contribution in [2.24, 2.45) is 0 Å². The summed E-state index contributed by atoms with van der Waals surface area (Å²) in [7, 11) is 0. The van der Waals surface area contributed by atoms with E-state index in [9.17, 15) is 14.4 Å². The van der Waals surface area contributed by atoms with Gasteiger partial charge in [-0.25, -0.2) is 14.4 Å². The molecule has 4 heterocycles. The summed E-state index contributed by atoms with van der Waals surface area (Å²) in [6, 6.07) is 9.50. The zero-order valence-corrected chi connectivity index (χ0v) is 23.2. The number of para-hydroxylation sites is 1. The fourth-order valence-corrected chi connectivity index (χ4v) is 5.27. The van der Waals surface area contributed by atoms with Crippen molar-refractivity contribution in [3.05, 3.63) is 65.3 Å². The summed E-state index contributed by atoms with van der Waals surface area (Å²) in [6.07, 6.45) is 2.29. The Hall–Kier alpha value is -4.25. The maximum atomic E-state index is 15.3. The minimum atomic E-state index is -0.994. The topological polar surface area (TPSA) is 122 Å². The average Bonchev–Trinajstić information content (AvgIpc) is 2.94. The van der Waals surface area contributed by atoms with E-state index in [0.717, 1.165) is 0 Å². The van der Waals surface area contributed by atoms with E-state index in [1.807, 2.05) is 0 Å². The highest BCUT2D eigenvalue weighted by atomic mass is 35.5. The Balaban J connectivity index is 1.29. The molecule has 2 aromatic heterocycles. The zero-order valence-electron chi connectivity index (χ0n) is 22.4. The van der Waals surface area contributed by atoms with Crippen LogP contribution >= 0.6 is 11.6 Å². The second-order valence-electron chi connectivity index (χ2n) is 10.0. The van der Waals surface area contributed by atoms with E-state index in [1.54, 1.807) is 49.1 Å². The minimum Gasteiger partial charge on any atom is -0.489 e. The van der Waals surface area contributed by atoms with Gasteiger partial charge in [0.05, 0.1) is 11.4 Å². The SMILES string of the molecule is C[C@H](CC(=O)O)Oc1ccccc1-c1cnc(C(=O)N2CCC(N3C(=O)[C@H](C)Oc4ncc(Cl)cc43)CC2)c(F)c1. The number of fused-ring (bicyclic) bond motifs is 1. The lowest BCUT2D eigenvalue weighted by atomic mass is 10.00. The number of likely N-dealkylation sites (tertiary alicyclic amines) is 1. The monoisotopic (exact) mass is 582 g/mol. The number of hydrogen-bond donors (Lipinski definition) is 1. The van der Waals surface area contributed by atoms with Crippen molar-refractivity contribution in [2.45, 2.75) is 51.4 Å². The first-order valence-corrected chi connectivity index (χ1v) is 13.6. The molecule has 1 N–H and O–H groups in total. The molecule has 1 fully saturated rings. The molecule has 12 heteroatoms. The van der Waals surface area contributed by atoms with Gasteiger partial charge in [-0.2, -0.15) is 0 Å². The van der Waals surface area contributed by atoms with E-state index in [4.69, 9.17) is 26.2 Å². The molecule has 0 unspecified atom stereocenters. The van der Waals surface area contributed by atoms with Crippen molar-refractivity contribution < 1.29 is 33.4 Å². The van der Waals surface area contributed by atoms with Crippen LogP contribution in [0.25, 0.3) is 11.1 Å². The number of carbonyl (C=O) groups excluding carboxylic acids is 2. The maximum Gasteiger partial charge on any atom is 0.307 e. The Labute approximate surface area is 240 Å². The van der Waals surface area contributed by atoms with Gasteiger partial charge in [-0.1, -0.05) is 29.8 Å². The van der Waals surface area contributed by atoms with Crippen LogP contribution in [0.2, 0.25) is 5.02 Å². The number of rotatable bonds is 7. The molecule has 2 aliphatic rings. The van der Waals surface area contributed by atoms with Crippen molar-refractivity contribution in [1.29, 1.82) is 0 Å². The second kappa shape index (κ2) is 11.7. The first kappa shape index (κ1) is 28.3. The van der Waals surface area contributed by atoms with E-state index in [1.165, 1.54) is 23.4 Å². The number of ether oxygens (including phenoxy) is 2. The predicted octanol–water partition coefficient (Wildman–Crippen LogP) is 4.60. The van der Waals surface area contributed by atoms with E-state index < -0.39 is 29.9 Å². The number of benzene rings is 1. The van der Waals surface area contributed by atoms with Crippen molar-refractivity contribution in [3.8, 4) is 22.8 Å². The standard InChI is InChI=1S/C29H28ClFN4O6/c1-16(11-25(36)37)40-24-6-4-3-5-21(24)18-12-22(31)26(32-14-18)29(39)34-9-7-20(8-10-34)35-23-13-19(30)15-33-27(23)41-17(2)28(35)38/h3-6,12-17,20H,7-11H2,1-2H3,(H,36,37)/t16-,17+/m1/s1. The van der Waals surface area contributed by atoms with Crippen LogP contribution in [0.4, 0.5) is 10.1 Å². The number of amides is 2. The van der Waals surface area contributed by atoms with Crippen molar-refractivity contribution in [3.63, 3.8) is 0 Å². The Morgan fingerprint density at radius 3 is 2.63 bits per heavy atom. The number of aromatic nitrogens is 2. The van der Waals surface area contributed by atoms with Gasteiger partial charge in [-0.15, -0.1) is 0 Å². The molecule has 0 aliphatic carbocycles. The first-order chi connectivity index (χ1) is 19.6. The molecule has 10 nitrogen and oxygen atoms in total. The molecule has 0 spiro atoms. The number of carboxylic acids is 1. The second-order valence-corrected chi connectivity index (χ2v) is 10.5. The number of carboxylic acid groups (broad SMARTS) is 1. The normalized spacial score (nSPS) is 18.0. The molecule has 1 saturated heterocycles. The molecule has 2 atom stereocenters. The fourth-order valence-electron chi connectivity index (χ4n) is 5.12. The first-order valence-electron chi connectivity index (χ1n) is 13.2. The smallest absolute Gasteiger partial charge is 0.307 e. The van der Waals surface area contributed by atoms with Crippen LogP contribution in [0.5, 0.6) is 11.6 Å². The van der Waals surface area contributed by atoms with Crippen molar-refractivity contribution in [1.82, 2.24) is 14.9 Å². The van der Waals surface area contributed by atoms with Crippen molar-refractivity contribution in [2.75, 3.05) is 18.0 Å². The van der Waals surface area contributed by atoms with Gasteiger partial charge in [-0.3, -0.25) is 14.4 Å². The lowest BCUT2D eigenvalue weighted by molar-refractivity contribution is -0.138. The number of pyridine rings is 2. The molecular formula is C29H28ClFN4O6. The quantitative estimate of drug-likeness (QED) is 0.429. The highest BCUT2D eigenvalue weighted by Crippen LogP contribution is 2.37. The van der Waals surface area contributed by atoms with Crippen LogP contribution in [0.3, 0.4) is 0 Å². The van der Waals surface area contributed by atoms with Crippen LogP contribution in [-0.4, -0.2) is 69.1 Å². The summed E-state index contributed by atoms with van der Waals surface area (Å²) in [5.41, 5.74) is 1.11. The van der Waals surface area contributed by atoms with Crippen molar-refractivity contribution >= 4 is 35.1 Å². The molecule has 2 aliphatic heterocycles. The van der Waals surface area contributed by atoms with Gasteiger partial charge in [0.25, 0.3) is 11.8 Å². The van der Waals surface area contributed by atoms with Gasteiger partial charge in [-0.05, 0) is 44.9 Å². The van der Waals surface area contributed by atoms with Gasteiger partial charge < -0.3 is 24.4 Å². The summed E-state index contributed by atoms with van der Waals surface area (Å²) in [6.45, 7) is 3.89. The van der Waals surface area contributed by atoms with E-state index >= 15 is 4.39 Å². The fraction of sp³-hybridized carbons (Fsp3) is 0.345. The number of piperidine rings is 1. The summed E-state index contributed by atoms with van der Waals surface area (Å²) < 4.78 is 26.7. The van der Waals surface area contributed by atoms with Crippen LogP contribution < -0.4 is 14.4 Å². The maximum absolute atomic E-state index is 15.3. The molecule has 2 amide bonds. The molecule has 214 valence electrons. The highest BCUT2D eigenvalue weighted by Gasteiger charge is 2.39. The van der Waals surface area contributed by atoms with E-state index in [2.05, 4.69) is 9.97 Å². The van der Waals surface area contributed by atoms with E-state index in [0.29, 0.717) is 59.4 Å². The van der Waals surface area contributed by atoms with Crippen LogP contribution in [0, 0.1) is 5.82 Å². The number of aliphatic carboxylic acids is 1. The number of hydrogen-bond acceptors (Lipinski definition) is 7. The van der Waals surface area contributed by atoms with E-state index in [-0.39, 0.29) is 24.1 Å². The summed E-state index contributed by atoms with van der Waals surface area (Å²) in [4.78, 5) is 48.8. The van der Waals surface area contributed by atoms with Gasteiger partial charge >= 0.3 is 5.97 Å². The number of halogens is 2. The molecule has 41 heavy (non-hydrogen) atoms. The number of nitrogens with zero attached hydrogens (tertiary/aromatic N) is 4. The molecule has 5 rings (SSSR count).